The Balaban J connectivity index is 1.51. The molecule has 156 valence electrons. The van der Waals surface area contributed by atoms with E-state index in [2.05, 4.69) is 25.7 Å². The van der Waals surface area contributed by atoms with Gasteiger partial charge in [0.15, 0.2) is 0 Å². The predicted molar refractivity (Wildman–Crippen MR) is 122 cm³/mol. The fraction of sp³-hybridized carbons (Fsp3) is 0.0909. The highest BCUT2D eigenvalue weighted by Crippen LogP contribution is 2.27. The lowest BCUT2D eigenvalue weighted by Crippen LogP contribution is -2.17. The third-order valence-electron chi connectivity index (χ3n) is 4.72. The first-order valence-electron chi connectivity index (χ1n) is 9.45. The summed E-state index contributed by atoms with van der Waals surface area (Å²) in [5, 5.41) is 23.1. The van der Waals surface area contributed by atoms with Crippen molar-refractivity contribution in [3.05, 3.63) is 76.9 Å². The number of H-pyrrole nitrogens is 1. The van der Waals surface area contributed by atoms with Gasteiger partial charge in [-0.05, 0) is 47.0 Å². The van der Waals surface area contributed by atoms with Crippen molar-refractivity contribution in [1.29, 1.82) is 0 Å². The Morgan fingerprint density at radius 3 is 2.77 bits per heavy atom. The second kappa shape index (κ2) is 8.88. The summed E-state index contributed by atoms with van der Waals surface area (Å²) in [5.41, 5.74) is 11.2. The van der Waals surface area contributed by atoms with Crippen LogP contribution in [0.3, 0.4) is 0 Å². The first-order chi connectivity index (χ1) is 15.0. The lowest BCUT2D eigenvalue weighted by Gasteiger charge is -2.08. The molecule has 1 amide bonds. The van der Waals surface area contributed by atoms with E-state index in [0.29, 0.717) is 28.0 Å². The minimum absolute atomic E-state index is 0.149. The molecule has 0 aliphatic heterocycles. The van der Waals surface area contributed by atoms with E-state index in [0.717, 1.165) is 21.9 Å². The molecule has 0 unspecified atom stereocenters. The Bertz CT molecular complexity index is 1280. The SMILES string of the molecule is Cc1cc(C(=O)N/N=C/c2ccc(CSc3n[nH]c(N)n3)c3ccccc23)ccc1O. The first-order valence-corrected chi connectivity index (χ1v) is 10.4. The number of thioether (sulfide) groups is 1. The monoisotopic (exact) mass is 432 g/mol. The van der Waals surface area contributed by atoms with Gasteiger partial charge in [-0.15, -0.1) is 5.10 Å². The van der Waals surface area contributed by atoms with Crippen LogP contribution in [-0.4, -0.2) is 32.4 Å². The highest BCUT2D eigenvalue weighted by molar-refractivity contribution is 7.98. The summed E-state index contributed by atoms with van der Waals surface area (Å²) in [5.74, 6) is 0.786. The number of amides is 1. The van der Waals surface area contributed by atoms with Crippen LogP contribution in [0.1, 0.15) is 27.0 Å². The molecule has 1 heterocycles. The molecule has 0 aliphatic rings. The second-order valence-electron chi connectivity index (χ2n) is 6.85. The Hall–Kier alpha value is -3.85. The van der Waals surface area contributed by atoms with Crippen LogP contribution in [0.4, 0.5) is 5.95 Å². The number of carbonyl (C=O) groups excluding carboxylic acids is 1. The minimum atomic E-state index is -0.345. The molecule has 0 spiro atoms. The Labute approximate surface area is 182 Å². The van der Waals surface area contributed by atoms with Crippen LogP contribution < -0.4 is 11.2 Å². The molecule has 0 atom stereocenters. The summed E-state index contributed by atoms with van der Waals surface area (Å²) in [6.07, 6.45) is 1.63. The van der Waals surface area contributed by atoms with Gasteiger partial charge < -0.3 is 10.8 Å². The largest absolute Gasteiger partial charge is 0.508 e. The van der Waals surface area contributed by atoms with Gasteiger partial charge in [-0.25, -0.2) is 10.5 Å². The summed E-state index contributed by atoms with van der Waals surface area (Å²) in [6.45, 7) is 1.73. The number of nitrogen functional groups attached to an aromatic ring is 1. The summed E-state index contributed by atoms with van der Waals surface area (Å²) < 4.78 is 0. The summed E-state index contributed by atoms with van der Waals surface area (Å²) in [4.78, 5) is 16.4. The number of aromatic hydroxyl groups is 1. The number of phenolic OH excluding ortho intramolecular Hbond substituents is 1. The molecule has 1 aromatic heterocycles. The molecular formula is C22H20N6O2S. The molecule has 0 radical (unpaired) electrons. The van der Waals surface area contributed by atoms with E-state index < -0.39 is 0 Å². The van der Waals surface area contributed by atoms with Crippen molar-refractivity contribution >= 4 is 40.6 Å². The van der Waals surface area contributed by atoms with E-state index in [9.17, 15) is 9.90 Å². The number of phenols is 1. The summed E-state index contributed by atoms with van der Waals surface area (Å²) in [7, 11) is 0. The number of aromatic nitrogens is 3. The van der Waals surface area contributed by atoms with Crippen molar-refractivity contribution in [2.45, 2.75) is 17.8 Å². The van der Waals surface area contributed by atoms with Crippen molar-refractivity contribution in [3.63, 3.8) is 0 Å². The number of fused-ring (bicyclic) bond motifs is 1. The van der Waals surface area contributed by atoms with Gasteiger partial charge in [0.1, 0.15) is 5.75 Å². The van der Waals surface area contributed by atoms with Crippen LogP contribution in [0, 0.1) is 6.92 Å². The molecule has 0 fully saturated rings. The van der Waals surface area contributed by atoms with Crippen molar-refractivity contribution in [1.82, 2.24) is 20.6 Å². The lowest BCUT2D eigenvalue weighted by molar-refractivity contribution is 0.0955. The standard InChI is InChI=1S/C22H20N6O2S/c1-13-10-14(8-9-19(13)29)20(30)26-24-11-15-6-7-16(18-5-3-2-4-17(15)18)12-31-22-25-21(23)27-28-22/h2-11,29H,12H2,1H3,(H,26,30)(H3,23,25,27,28)/b24-11+. The van der Waals surface area contributed by atoms with Gasteiger partial charge in [0.05, 0.1) is 6.21 Å². The molecular weight excluding hydrogens is 412 g/mol. The van der Waals surface area contributed by atoms with Crippen molar-refractivity contribution in [2.75, 3.05) is 5.73 Å². The van der Waals surface area contributed by atoms with Crippen molar-refractivity contribution in [3.8, 4) is 5.75 Å². The van der Waals surface area contributed by atoms with Crippen LogP contribution in [-0.2, 0) is 5.75 Å². The number of nitrogens with two attached hydrogens (primary N) is 1. The molecule has 8 nitrogen and oxygen atoms in total. The van der Waals surface area contributed by atoms with E-state index in [1.54, 1.807) is 25.3 Å². The number of hydrazone groups is 1. The number of rotatable bonds is 6. The molecule has 4 aromatic rings. The van der Waals surface area contributed by atoms with Crippen LogP contribution in [0.5, 0.6) is 5.75 Å². The fourth-order valence-corrected chi connectivity index (χ4v) is 3.92. The van der Waals surface area contributed by atoms with Gasteiger partial charge in [0.2, 0.25) is 11.1 Å². The van der Waals surface area contributed by atoms with Gasteiger partial charge in [-0.3, -0.25) is 4.79 Å². The van der Waals surface area contributed by atoms with E-state index in [1.165, 1.54) is 17.8 Å². The van der Waals surface area contributed by atoms with Gasteiger partial charge in [0, 0.05) is 16.9 Å². The second-order valence-corrected chi connectivity index (χ2v) is 7.79. The van der Waals surface area contributed by atoms with E-state index in [4.69, 9.17) is 5.73 Å². The maximum Gasteiger partial charge on any atom is 0.271 e. The average Bonchev–Trinajstić information content (AvgIpc) is 3.20. The van der Waals surface area contributed by atoms with Crippen molar-refractivity contribution in [2.24, 2.45) is 5.10 Å². The zero-order chi connectivity index (χ0) is 21.8. The number of nitrogens with zero attached hydrogens (tertiary/aromatic N) is 3. The molecule has 3 aromatic carbocycles. The number of aromatic amines is 1. The third kappa shape index (κ3) is 4.67. The average molecular weight is 433 g/mol. The quantitative estimate of drug-likeness (QED) is 0.209. The zero-order valence-electron chi connectivity index (χ0n) is 16.7. The summed E-state index contributed by atoms with van der Waals surface area (Å²) >= 11 is 1.49. The molecule has 0 saturated heterocycles. The normalized spacial score (nSPS) is 11.3. The zero-order valence-corrected chi connectivity index (χ0v) is 17.5. The summed E-state index contributed by atoms with van der Waals surface area (Å²) in [6, 6.07) is 16.7. The number of benzene rings is 3. The molecule has 5 N–H and O–H groups in total. The number of carbonyl (C=O) groups is 1. The van der Waals surface area contributed by atoms with Gasteiger partial charge in [0.25, 0.3) is 5.91 Å². The molecule has 0 saturated carbocycles. The minimum Gasteiger partial charge on any atom is -0.508 e. The molecule has 4 rings (SSSR count). The predicted octanol–water partition coefficient (Wildman–Crippen LogP) is 3.61. The van der Waals surface area contributed by atoms with E-state index in [-0.39, 0.29) is 11.7 Å². The maximum absolute atomic E-state index is 12.3. The van der Waals surface area contributed by atoms with Crippen LogP contribution in [0.15, 0.2) is 64.9 Å². The van der Waals surface area contributed by atoms with E-state index >= 15 is 0 Å². The van der Waals surface area contributed by atoms with E-state index in [1.807, 2.05) is 36.4 Å². The molecule has 31 heavy (non-hydrogen) atoms. The van der Waals surface area contributed by atoms with Crippen LogP contribution >= 0.6 is 11.8 Å². The van der Waals surface area contributed by atoms with Gasteiger partial charge in [-0.1, -0.05) is 48.2 Å². The number of anilines is 1. The fourth-order valence-electron chi connectivity index (χ4n) is 3.11. The maximum atomic E-state index is 12.3. The molecule has 0 aliphatic carbocycles. The van der Waals surface area contributed by atoms with Crippen LogP contribution in [0.25, 0.3) is 10.8 Å². The Kier molecular flexibility index (Phi) is 5.85. The highest BCUT2D eigenvalue weighted by atomic mass is 32.2. The Morgan fingerprint density at radius 2 is 2.03 bits per heavy atom. The molecule has 9 heteroatoms. The number of hydrogen-bond donors (Lipinski definition) is 4. The number of aryl methyl sites for hydroxylation is 1. The lowest BCUT2D eigenvalue weighted by atomic mass is 10.0. The smallest absolute Gasteiger partial charge is 0.271 e. The number of nitrogens with one attached hydrogen (secondary N) is 2. The Morgan fingerprint density at radius 1 is 1.23 bits per heavy atom. The first kappa shape index (κ1) is 20.4. The molecule has 0 bridgehead atoms. The third-order valence-corrected chi connectivity index (χ3v) is 5.61. The van der Waals surface area contributed by atoms with Crippen molar-refractivity contribution < 1.29 is 9.90 Å². The van der Waals surface area contributed by atoms with Gasteiger partial charge >= 0.3 is 0 Å². The highest BCUT2D eigenvalue weighted by Gasteiger charge is 2.09. The van der Waals surface area contributed by atoms with Gasteiger partial charge in [-0.2, -0.15) is 10.1 Å². The van der Waals surface area contributed by atoms with Crippen LogP contribution in [0.2, 0.25) is 0 Å². The topological polar surface area (TPSA) is 129 Å². The number of hydrogen-bond acceptors (Lipinski definition) is 7.